The second kappa shape index (κ2) is 8.85. The summed E-state index contributed by atoms with van der Waals surface area (Å²) in [5.41, 5.74) is 9.49. The highest BCUT2D eigenvalue weighted by molar-refractivity contribution is 9.10. The van der Waals surface area contributed by atoms with E-state index in [0.29, 0.717) is 0 Å². The highest BCUT2D eigenvalue weighted by Crippen LogP contribution is 2.52. The molecule has 0 spiro atoms. The van der Waals surface area contributed by atoms with Crippen LogP contribution in [0.4, 0.5) is 11.4 Å². The highest BCUT2D eigenvalue weighted by atomic mass is 79.9. The molecule has 2 nitrogen and oxygen atoms in total. The van der Waals surface area contributed by atoms with Gasteiger partial charge in [0.15, 0.2) is 0 Å². The SMILES string of the molecule is CCN(CC)c1ccc2c(c1)-c1cc(N(CC)CC)cc(Br)c1C2c1ccccc1. The molecule has 0 aromatic heterocycles. The maximum Gasteiger partial charge on any atom is 0.0383 e. The fraction of sp³-hybridized carbons (Fsp3) is 0.333. The Morgan fingerprint density at radius 3 is 1.93 bits per heavy atom. The summed E-state index contributed by atoms with van der Waals surface area (Å²) >= 11 is 3.96. The van der Waals surface area contributed by atoms with Crippen LogP contribution in [0.5, 0.6) is 0 Å². The number of nitrogens with zero attached hydrogens (tertiary/aromatic N) is 2. The van der Waals surface area contributed by atoms with Gasteiger partial charge in [-0.05, 0) is 79.8 Å². The third-order valence-corrected chi connectivity index (χ3v) is 7.09. The minimum Gasteiger partial charge on any atom is -0.372 e. The van der Waals surface area contributed by atoms with Gasteiger partial charge in [-0.15, -0.1) is 0 Å². The molecule has 1 aliphatic carbocycles. The molecule has 1 aliphatic rings. The van der Waals surface area contributed by atoms with Gasteiger partial charge >= 0.3 is 0 Å². The summed E-state index contributed by atoms with van der Waals surface area (Å²) in [4.78, 5) is 4.86. The average molecular weight is 463 g/mol. The maximum absolute atomic E-state index is 3.96. The Balaban J connectivity index is 1.96. The van der Waals surface area contributed by atoms with Crippen LogP contribution >= 0.6 is 15.9 Å². The van der Waals surface area contributed by atoms with Gasteiger partial charge in [0.05, 0.1) is 0 Å². The first-order chi connectivity index (χ1) is 14.6. The Morgan fingerprint density at radius 2 is 1.30 bits per heavy atom. The zero-order valence-electron chi connectivity index (χ0n) is 18.5. The number of halogens is 1. The molecule has 1 atom stereocenters. The molecule has 0 fully saturated rings. The lowest BCUT2D eigenvalue weighted by atomic mass is 9.89. The lowest BCUT2D eigenvalue weighted by Crippen LogP contribution is -2.22. The Kier molecular flexibility index (Phi) is 6.19. The van der Waals surface area contributed by atoms with Crippen LogP contribution in [-0.2, 0) is 0 Å². The monoisotopic (exact) mass is 462 g/mol. The van der Waals surface area contributed by atoms with Crippen LogP contribution in [0, 0.1) is 0 Å². The van der Waals surface area contributed by atoms with Crippen molar-refractivity contribution in [2.24, 2.45) is 0 Å². The average Bonchev–Trinajstić information content (AvgIpc) is 3.11. The lowest BCUT2D eigenvalue weighted by Gasteiger charge is -2.23. The Morgan fingerprint density at radius 1 is 0.700 bits per heavy atom. The zero-order valence-corrected chi connectivity index (χ0v) is 20.0. The molecule has 0 aliphatic heterocycles. The number of anilines is 2. The van der Waals surface area contributed by atoms with E-state index in [1.54, 1.807) is 0 Å². The third kappa shape index (κ3) is 3.54. The van der Waals surface area contributed by atoms with E-state index in [-0.39, 0.29) is 5.92 Å². The minimum absolute atomic E-state index is 0.266. The molecule has 3 heteroatoms. The second-order valence-corrected chi connectivity index (χ2v) is 8.70. The van der Waals surface area contributed by atoms with Crippen LogP contribution in [0.3, 0.4) is 0 Å². The van der Waals surface area contributed by atoms with Crippen molar-refractivity contribution in [3.63, 3.8) is 0 Å². The molecule has 0 amide bonds. The summed E-state index contributed by atoms with van der Waals surface area (Å²) in [5, 5.41) is 0. The zero-order chi connectivity index (χ0) is 21.3. The largest absolute Gasteiger partial charge is 0.372 e. The predicted octanol–water partition coefficient (Wildman–Crippen LogP) is 7.30. The summed E-state index contributed by atoms with van der Waals surface area (Å²) < 4.78 is 1.20. The van der Waals surface area contributed by atoms with Crippen LogP contribution in [0.25, 0.3) is 11.1 Å². The smallest absolute Gasteiger partial charge is 0.0383 e. The molecule has 0 bridgehead atoms. The van der Waals surface area contributed by atoms with Gasteiger partial charge in [0.2, 0.25) is 0 Å². The number of hydrogen-bond donors (Lipinski definition) is 0. The molecule has 0 saturated heterocycles. The quantitative estimate of drug-likeness (QED) is 0.284. The third-order valence-electron chi connectivity index (χ3n) is 6.43. The van der Waals surface area contributed by atoms with Crippen molar-refractivity contribution in [3.05, 3.63) is 81.8 Å². The molecule has 3 aromatic carbocycles. The first kappa shape index (κ1) is 21.0. The van der Waals surface area contributed by atoms with Gasteiger partial charge in [0, 0.05) is 47.9 Å². The molecular formula is C27H31BrN2. The number of benzene rings is 3. The van der Waals surface area contributed by atoms with Crippen LogP contribution in [-0.4, -0.2) is 26.2 Å². The van der Waals surface area contributed by atoms with Crippen molar-refractivity contribution in [2.45, 2.75) is 33.6 Å². The van der Waals surface area contributed by atoms with Crippen LogP contribution in [0.2, 0.25) is 0 Å². The van der Waals surface area contributed by atoms with E-state index in [2.05, 4.69) is 114 Å². The molecule has 156 valence electrons. The molecule has 0 radical (unpaired) electrons. The summed E-state index contributed by atoms with van der Waals surface area (Å²) in [5.74, 6) is 0.266. The first-order valence-corrected chi connectivity index (χ1v) is 11.9. The summed E-state index contributed by atoms with van der Waals surface area (Å²) in [7, 11) is 0. The fourth-order valence-corrected chi connectivity index (χ4v) is 5.53. The van der Waals surface area contributed by atoms with E-state index in [1.165, 1.54) is 43.7 Å². The molecular weight excluding hydrogens is 432 g/mol. The van der Waals surface area contributed by atoms with Crippen molar-refractivity contribution < 1.29 is 0 Å². The Hall–Kier alpha value is -2.26. The maximum atomic E-state index is 3.96. The highest BCUT2D eigenvalue weighted by Gasteiger charge is 2.33. The van der Waals surface area contributed by atoms with Gasteiger partial charge in [-0.1, -0.05) is 52.3 Å². The standard InChI is InChI=1S/C27H31BrN2/c1-5-29(6-2)20-14-15-22-23(16-20)24-17-21(30(7-3)8-4)18-25(28)27(24)26(22)19-12-10-9-11-13-19/h9-18,26H,5-8H2,1-4H3. The van der Waals surface area contributed by atoms with E-state index >= 15 is 0 Å². The predicted molar refractivity (Wildman–Crippen MR) is 134 cm³/mol. The first-order valence-electron chi connectivity index (χ1n) is 11.1. The van der Waals surface area contributed by atoms with Crippen LogP contribution in [0.15, 0.2) is 65.1 Å². The number of fused-ring (bicyclic) bond motifs is 3. The molecule has 1 unspecified atom stereocenters. The second-order valence-electron chi connectivity index (χ2n) is 7.85. The summed E-state index contributed by atoms with van der Waals surface area (Å²) in [6.07, 6.45) is 0. The van der Waals surface area contributed by atoms with E-state index < -0.39 is 0 Å². The topological polar surface area (TPSA) is 6.48 Å². The number of rotatable bonds is 7. The van der Waals surface area contributed by atoms with Gasteiger partial charge in [-0.3, -0.25) is 0 Å². The summed E-state index contributed by atoms with van der Waals surface area (Å²) in [6.45, 7) is 13.0. The molecule has 30 heavy (non-hydrogen) atoms. The number of hydrogen-bond acceptors (Lipinski definition) is 2. The van der Waals surface area contributed by atoms with Crippen molar-refractivity contribution in [1.29, 1.82) is 0 Å². The van der Waals surface area contributed by atoms with Crippen molar-refractivity contribution in [1.82, 2.24) is 0 Å². The summed E-state index contributed by atoms with van der Waals surface area (Å²) in [6, 6.07) is 22.7. The molecule has 3 aromatic rings. The van der Waals surface area contributed by atoms with Gasteiger partial charge in [0.1, 0.15) is 0 Å². The molecule has 0 N–H and O–H groups in total. The lowest BCUT2D eigenvalue weighted by molar-refractivity contribution is 0.865. The van der Waals surface area contributed by atoms with E-state index in [9.17, 15) is 0 Å². The van der Waals surface area contributed by atoms with E-state index in [0.717, 1.165) is 26.2 Å². The molecule has 0 saturated carbocycles. The van der Waals surface area contributed by atoms with Crippen molar-refractivity contribution in [2.75, 3.05) is 36.0 Å². The van der Waals surface area contributed by atoms with Crippen LogP contribution in [0.1, 0.15) is 50.3 Å². The Labute approximate surface area is 189 Å². The molecule has 4 rings (SSSR count). The van der Waals surface area contributed by atoms with Gasteiger partial charge in [0.25, 0.3) is 0 Å². The fourth-order valence-electron chi connectivity index (χ4n) is 4.85. The van der Waals surface area contributed by atoms with Gasteiger partial charge in [-0.25, -0.2) is 0 Å². The van der Waals surface area contributed by atoms with Crippen molar-refractivity contribution >= 4 is 27.3 Å². The van der Waals surface area contributed by atoms with Gasteiger partial charge in [-0.2, -0.15) is 0 Å². The van der Waals surface area contributed by atoms with Gasteiger partial charge < -0.3 is 9.80 Å². The van der Waals surface area contributed by atoms with E-state index in [4.69, 9.17) is 0 Å². The Bertz CT molecular complexity index is 1020. The normalized spacial score (nSPS) is 14.4. The van der Waals surface area contributed by atoms with E-state index in [1.807, 2.05) is 0 Å². The molecule has 0 heterocycles. The van der Waals surface area contributed by atoms with Crippen molar-refractivity contribution in [3.8, 4) is 11.1 Å². The van der Waals surface area contributed by atoms with Crippen LogP contribution < -0.4 is 9.80 Å². The minimum atomic E-state index is 0.266.